The van der Waals surface area contributed by atoms with Crippen molar-refractivity contribution in [3.63, 3.8) is 0 Å². The number of rotatable bonds is 8. The second-order valence-corrected chi connectivity index (χ2v) is 8.89. The predicted molar refractivity (Wildman–Crippen MR) is 100 cm³/mol. The van der Waals surface area contributed by atoms with Crippen LogP contribution in [0.3, 0.4) is 0 Å². The molecule has 0 bridgehead atoms. The monoisotopic (exact) mass is 356 g/mol. The van der Waals surface area contributed by atoms with Gasteiger partial charge in [-0.2, -0.15) is 0 Å². The van der Waals surface area contributed by atoms with E-state index in [1.165, 1.54) is 0 Å². The Kier molecular flexibility index (Phi) is 8.19. The molecule has 0 aromatic heterocycles. The van der Waals surface area contributed by atoms with Crippen molar-refractivity contribution in [2.24, 2.45) is 23.7 Å². The summed E-state index contributed by atoms with van der Waals surface area (Å²) in [6.45, 7) is 9.44. The van der Waals surface area contributed by atoms with E-state index >= 15 is 0 Å². The third kappa shape index (κ3) is 5.66. The highest BCUT2D eigenvalue weighted by atomic mass is 16.7. The summed E-state index contributed by atoms with van der Waals surface area (Å²) < 4.78 is 13.2. The maximum atomic E-state index is 9.28. The van der Waals surface area contributed by atoms with Crippen molar-refractivity contribution in [2.75, 3.05) is 13.2 Å². The molecule has 2 saturated heterocycles. The largest absolute Gasteiger partial charge is 0.396 e. The summed E-state index contributed by atoms with van der Waals surface area (Å²) in [5.74, 6) is 1.51. The Bertz CT molecular complexity index is 384. The van der Waals surface area contributed by atoms with Gasteiger partial charge in [-0.05, 0) is 62.2 Å². The number of hydrogen-bond donors (Lipinski definition) is 2. The summed E-state index contributed by atoms with van der Waals surface area (Å²) in [5, 5.41) is 18.4. The molecule has 0 aromatic carbocycles. The molecule has 0 unspecified atom stereocenters. The summed E-state index contributed by atoms with van der Waals surface area (Å²) in [7, 11) is 0. The summed E-state index contributed by atoms with van der Waals surface area (Å²) in [4.78, 5) is 0. The molecule has 2 aliphatic rings. The van der Waals surface area contributed by atoms with E-state index in [0.717, 1.165) is 51.4 Å². The first-order chi connectivity index (χ1) is 11.9. The minimum atomic E-state index is -0.399. The topological polar surface area (TPSA) is 58.9 Å². The molecule has 148 valence electrons. The molecule has 0 aromatic rings. The molecule has 25 heavy (non-hydrogen) atoms. The van der Waals surface area contributed by atoms with Gasteiger partial charge in [0, 0.05) is 26.1 Å². The van der Waals surface area contributed by atoms with Crippen LogP contribution in [0.1, 0.15) is 79.1 Å². The van der Waals surface area contributed by atoms with E-state index < -0.39 is 5.79 Å². The fraction of sp³-hybridized carbons (Fsp3) is 1.00. The molecule has 1 spiro atoms. The summed E-state index contributed by atoms with van der Waals surface area (Å²) in [5.41, 5.74) is 0. The molecule has 2 fully saturated rings. The van der Waals surface area contributed by atoms with Crippen molar-refractivity contribution in [1.29, 1.82) is 0 Å². The van der Waals surface area contributed by atoms with Crippen LogP contribution in [0.25, 0.3) is 0 Å². The molecule has 0 saturated carbocycles. The molecule has 2 rings (SSSR count). The van der Waals surface area contributed by atoms with E-state index in [4.69, 9.17) is 14.6 Å². The lowest BCUT2D eigenvalue weighted by molar-refractivity contribution is -0.338. The first kappa shape index (κ1) is 21.1. The van der Waals surface area contributed by atoms with Crippen molar-refractivity contribution in [1.82, 2.24) is 0 Å². The van der Waals surface area contributed by atoms with Crippen LogP contribution >= 0.6 is 0 Å². The molecule has 2 N–H and O–H groups in total. The van der Waals surface area contributed by atoms with Crippen molar-refractivity contribution in [3.8, 4) is 0 Å². The highest BCUT2D eigenvalue weighted by molar-refractivity contribution is 4.89. The smallest absolute Gasteiger partial charge is 0.169 e. The van der Waals surface area contributed by atoms with Crippen LogP contribution in [0.15, 0.2) is 0 Å². The number of aliphatic hydroxyl groups excluding tert-OH is 2. The molecule has 7 atom stereocenters. The SMILES string of the molecule is C[C@H](CO)CC[C@@H]1O[C@@]2(CC[C@H]1C)CC[C@H](C)[C@H]([C@H](C)CCCO)O2. The zero-order valence-electron chi connectivity index (χ0n) is 16.7. The van der Waals surface area contributed by atoms with E-state index in [1.807, 2.05) is 0 Å². The van der Waals surface area contributed by atoms with Gasteiger partial charge in [0.1, 0.15) is 0 Å². The highest BCUT2D eigenvalue weighted by Gasteiger charge is 2.47. The molecular formula is C21H40O4. The Morgan fingerprint density at radius 1 is 1.00 bits per heavy atom. The molecule has 0 aliphatic carbocycles. The second kappa shape index (κ2) is 9.68. The van der Waals surface area contributed by atoms with E-state index in [1.54, 1.807) is 0 Å². The van der Waals surface area contributed by atoms with Crippen LogP contribution in [0.4, 0.5) is 0 Å². The van der Waals surface area contributed by atoms with Gasteiger partial charge in [-0.1, -0.05) is 27.7 Å². The van der Waals surface area contributed by atoms with Gasteiger partial charge in [0.2, 0.25) is 0 Å². The third-order valence-electron chi connectivity index (χ3n) is 6.51. The van der Waals surface area contributed by atoms with Crippen LogP contribution in [0.2, 0.25) is 0 Å². The lowest BCUT2D eigenvalue weighted by atomic mass is 9.80. The zero-order chi connectivity index (χ0) is 18.4. The Morgan fingerprint density at radius 3 is 2.32 bits per heavy atom. The molecular weight excluding hydrogens is 316 g/mol. The van der Waals surface area contributed by atoms with E-state index in [0.29, 0.717) is 23.7 Å². The third-order valence-corrected chi connectivity index (χ3v) is 6.51. The van der Waals surface area contributed by atoms with E-state index in [2.05, 4.69) is 27.7 Å². The Labute approximate surface area is 154 Å². The van der Waals surface area contributed by atoms with Crippen LogP contribution in [0, 0.1) is 23.7 Å². The maximum Gasteiger partial charge on any atom is 0.169 e. The minimum Gasteiger partial charge on any atom is -0.396 e. The van der Waals surface area contributed by atoms with Crippen molar-refractivity contribution in [2.45, 2.75) is 97.1 Å². The lowest BCUT2D eigenvalue weighted by Gasteiger charge is -2.51. The Hall–Kier alpha value is -0.160. The zero-order valence-corrected chi connectivity index (χ0v) is 16.7. The number of aliphatic hydroxyl groups is 2. The first-order valence-corrected chi connectivity index (χ1v) is 10.5. The van der Waals surface area contributed by atoms with Crippen molar-refractivity contribution in [3.05, 3.63) is 0 Å². The van der Waals surface area contributed by atoms with Gasteiger partial charge in [0.15, 0.2) is 5.79 Å². The molecule has 2 heterocycles. The minimum absolute atomic E-state index is 0.228. The quantitative estimate of drug-likeness (QED) is 0.686. The lowest BCUT2D eigenvalue weighted by Crippen LogP contribution is -2.53. The molecule has 0 amide bonds. The average Bonchev–Trinajstić information content (AvgIpc) is 2.62. The fourth-order valence-electron chi connectivity index (χ4n) is 4.53. The summed E-state index contributed by atoms with van der Waals surface area (Å²) in [6.07, 6.45) is 8.65. The van der Waals surface area contributed by atoms with E-state index in [-0.39, 0.29) is 25.4 Å². The predicted octanol–water partition coefficient (Wildman–Crippen LogP) is 4.13. The van der Waals surface area contributed by atoms with Crippen LogP contribution in [0.5, 0.6) is 0 Å². The van der Waals surface area contributed by atoms with Gasteiger partial charge in [0.25, 0.3) is 0 Å². The first-order valence-electron chi connectivity index (χ1n) is 10.5. The van der Waals surface area contributed by atoms with Gasteiger partial charge < -0.3 is 19.7 Å². The molecule has 2 aliphatic heterocycles. The Balaban J connectivity index is 1.98. The van der Waals surface area contributed by atoms with Crippen LogP contribution < -0.4 is 0 Å². The summed E-state index contributed by atoms with van der Waals surface area (Å²) in [6, 6.07) is 0. The van der Waals surface area contributed by atoms with Crippen molar-refractivity contribution < 1.29 is 19.7 Å². The normalized spacial score (nSPS) is 38.6. The Morgan fingerprint density at radius 2 is 1.68 bits per heavy atom. The van der Waals surface area contributed by atoms with Gasteiger partial charge in [0.05, 0.1) is 12.2 Å². The summed E-state index contributed by atoms with van der Waals surface area (Å²) >= 11 is 0. The van der Waals surface area contributed by atoms with Gasteiger partial charge in [-0.25, -0.2) is 0 Å². The molecule has 0 radical (unpaired) electrons. The van der Waals surface area contributed by atoms with Gasteiger partial charge in [-0.15, -0.1) is 0 Å². The van der Waals surface area contributed by atoms with Crippen molar-refractivity contribution >= 4 is 0 Å². The molecule has 4 nitrogen and oxygen atoms in total. The van der Waals surface area contributed by atoms with Gasteiger partial charge in [-0.3, -0.25) is 0 Å². The standard InChI is InChI=1S/C21H40O4/c1-15(14-23)7-8-19-16(2)9-11-21(24-19)12-10-18(4)20(25-21)17(3)6-5-13-22/h15-20,22-23H,5-14H2,1-4H3/t15-,16+,17+,18-,19-,20-,21+/m0/s1. The average molecular weight is 357 g/mol. The maximum absolute atomic E-state index is 9.28. The second-order valence-electron chi connectivity index (χ2n) is 8.89. The molecule has 4 heteroatoms. The van der Waals surface area contributed by atoms with Crippen LogP contribution in [-0.2, 0) is 9.47 Å². The highest BCUT2D eigenvalue weighted by Crippen LogP contribution is 2.45. The number of ether oxygens (including phenoxy) is 2. The number of hydrogen-bond acceptors (Lipinski definition) is 4. The van der Waals surface area contributed by atoms with E-state index in [9.17, 15) is 5.11 Å². The van der Waals surface area contributed by atoms with Gasteiger partial charge >= 0.3 is 0 Å². The van der Waals surface area contributed by atoms with Crippen LogP contribution in [-0.4, -0.2) is 41.4 Å². The fourth-order valence-corrected chi connectivity index (χ4v) is 4.53.